The lowest BCUT2D eigenvalue weighted by Gasteiger charge is -2.13. The van der Waals surface area contributed by atoms with Gasteiger partial charge in [0, 0.05) is 51.0 Å². The Morgan fingerprint density at radius 2 is 2.12 bits per heavy atom. The fourth-order valence-electron chi connectivity index (χ4n) is 2.86. The molecule has 2 rings (SSSR count). The number of rotatable bonds is 9. The SMILES string of the molecule is CCNC(=NCCCn1cccn1)NCCC(=O)NC1CCCC1.I. The lowest BCUT2D eigenvalue weighted by molar-refractivity contribution is -0.121. The average molecular weight is 462 g/mol. The van der Waals surface area contributed by atoms with Crippen LogP contribution in [-0.2, 0) is 11.3 Å². The number of nitrogens with one attached hydrogen (secondary N) is 3. The molecule has 0 saturated heterocycles. The molecule has 0 radical (unpaired) electrons. The molecule has 0 atom stereocenters. The molecule has 142 valence electrons. The largest absolute Gasteiger partial charge is 0.357 e. The molecule has 1 aromatic rings. The Bertz CT molecular complexity index is 499. The monoisotopic (exact) mass is 462 g/mol. The predicted octanol–water partition coefficient (Wildman–Crippen LogP) is 1.90. The molecule has 1 amide bonds. The van der Waals surface area contributed by atoms with Crippen molar-refractivity contribution in [2.45, 2.75) is 58.0 Å². The second-order valence-corrected chi connectivity index (χ2v) is 6.11. The number of carbonyl (C=O) groups is 1. The summed E-state index contributed by atoms with van der Waals surface area (Å²) in [5, 5.41) is 13.7. The summed E-state index contributed by atoms with van der Waals surface area (Å²) < 4.78 is 1.91. The third kappa shape index (κ3) is 9.08. The highest BCUT2D eigenvalue weighted by atomic mass is 127. The zero-order chi connectivity index (χ0) is 17.0. The van der Waals surface area contributed by atoms with Gasteiger partial charge in [-0.15, -0.1) is 24.0 Å². The number of aliphatic imine (C=N–C) groups is 1. The quantitative estimate of drug-likeness (QED) is 0.227. The molecule has 0 unspecified atom stereocenters. The van der Waals surface area contributed by atoms with E-state index >= 15 is 0 Å². The van der Waals surface area contributed by atoms with Crippen molar-refractivity contribution >= 4 is 35.8 Å². The molecule has 7 nitrogen and oxygen atoms in total. The molecule has 1 fully saturated rings. The Balaban J connectivity index is 0.00000312. The summed E-state index contributed by atoms with van der Waals surface area (Å²) in [7, 11) is 0. The third-order valence-corrected chi connectivity index (χ3v) is 4.08. The molecule has 3 N–H and O–H groups in total. The van der Waals surface area contributed by atoms with Crippen LogP contribution in [0, 0.1) is 0 Å². The van der Waals surface area contributed by atoms with Crippen LogP contribution in [0.3, 0.4) is 0 Å². The van der Waals surface area contributed by atoms with Crippen molar-refractivity contribution in [2.24, 2.45) is 4.99 Å². The first kappa shape index (κ1) is 21.7. The van der Waals surface area contributed by atoms with Gasteiger partial charge in [0.05, 0.1) is 0 Å². The second kappa shape index (κ2) is 13.0. The van der Waals surface area contributed by atoms with Gasteiger partial charge in [-0.05, 0) is 32.3 Å². The summed E-state index contributed by atoms with van der Waals surface area (Å²) in [5.41, 5.74) is 0. The van der Waals surface area contributed by atoms with Crippen molar-refractivity contribution in [3.8, 4) is 0 Å². The maximum atomic E-state index is 11.9. The summed E-state index contributed by atoms with van der Waals surface area (Å²) in [4.78, 5) is 16.4. The summed E-state index contributed by atoms with van der Waals surface area (Å²) in [6.07, 6.45) is 9.87. The Morgan fingerprint density at radius 1 is 1.32 bits per heavy atom. The number of nitrogens with zero attached hydrogens (tertiary/aromatic N) is 3. The molecule has 0 aromatic carbocycles. The smallest absolute Gasteiger partial charge is 0.221 e. The fourth-order valence-corrected chi connectivity index (χ4v) is 2.86. The van der Waals surface area contributed by atoms with Gasteiger partial charge in [-0.3, -0.25) is 14.5 Å². The van der Waals surface area contributed by atoms with Gasteiger partial charge >= 0.3 is 0 Å². The number of hydrogen-bond acceptors (Lipinski definition) is 3. The van der Waals surface area contributed by atoms with Gasteiger partial charge in [0.25, 0.3) is 0 Å². The van der Waals surface area contributed by atoms with E-state index in [0.29, 0.717) is 19.0 Å². The summed E-state index contributed by atoms with van der Waals surface area (Å²) in [6.45, 7) is 5.03. The Morgan fingerprint density at radius 3 is 2.80 bits per heavy atom. The van der Waals surface area contributed by atoms with E-state index in [1.54, 1.807) is 6.20 Å². The molecule has 25 heavy (non-hydrogen) atoms. The van der Waals surface area contributed by atoms with Crippen LogP contribution in [0.4, 0.5) is 0 Å². The Kier molecular flexibility index (Phi) is 11.3. The molecule has 1 saturated carbocycles. The van der Waals surface area contributed by atoms with E-state index in [1.165, 1.54) is 12.8 Å². The van der Waals surface area contributed by atoms with Crippen LogP contribution in [-0.4, -0.2) is 47.3 Å². The van der Waals surface area contributed by atoms with Crippen molar-refractivity contribution in [3.63, 3.8) is 0 Å². The van der Waals surface area contributed by atoms with Crippen LogP contribution in [0.1, 0.15) is 45.4 Å². The van der Waals surface area contributed by atoms with Gasteiger partial charge in [-0.1, -0.05) is 12.8 Å². The second-order valence-electron chi connectivity index (χ2n) is 6.11. The molecule has 0 aliphatic heterocycles. The van der Waals surface area contributed by atoms with Crippen molar-refractivity contribution in [1.29, 1.82) is 0 Å². The highest BCUT2D eigenvalue weighted by Gasteiger charge is 2.16. The van der Waals surface area contributed by atoms with Crippen molar-refractivity contribution < 1.29 is 4.79 Å². The van der Waals surface area contributed by atoms with Gasteiger partial charge in [0.15, 0.2) is 5.96 Å². The van der Waals surface area contributed by atoms with E-state index in [9.17, 15) is 4.79 Å². The summed E-state index contributed by atoms with van der Waals surface area (Å²) >= 11 is 0. The van der Waals surface area contributed by atoms with Crippen LogP contribution in [0.2, 0.25) is 0 Å². The minimum absolute atomic E-state index is 0. The van der Waals surface area contributed by atoms with Crippen LogP contribution < -0.4 is 16.0 Å². The van der Waals surface area contributed by atoms with Gasteiger partial charge in [0.2, 0.25) is 5.91 Å². The zero-order valence-corrected chi connectivity index (χ0v) is 17.4. The van der Waals surface area contributed by atoms with E-state index in [0.717, 1.165) is 44.9 Å². The first-order valence-corrected chi connectivity index (χ1v) is 9.07. The Hall–Kier alpha value is -1.32. The van der Waals surface area contributed by atoms with Gasteiger partial charge in [0.1, 0.15) is 0 Å². The first-order chi connectivity index (χ1) is 11.8. The van der Waals surface area contributed by atoms with Crippen molar-refractivity contribution in [2.75, 3.05) is 19.6 Å². The maximum Gasteiger partial charge on any atom is 0.221 e. The molecule has 0 bridgehead atoms. The number of aromatic nitrogens is 2. The van der Waals surface area contributed by atoms with E-state index < -0.39 is 0 Å². The molecule has 8 heteroatoms. The maximum absolute atomic E-state index is 11.9. The molecule has 1 aliphatic carbocycles. The fraction of sp³-hybridized carbons (Fsp3) is 0.706. The first-order valence-electron chi connectivity index (χ1n) is 9.07. The highest BCUT2D eigenvalue weighted by molar-refractivity contribution is 14.0. The number of halogens is 1. The number of carbonyl (C=O) groups excluding carboxylic acids is 1. The Labute approximate surface area is 167 Å². The topological polar surface area (TPSA) is 83.3 Å². The van der Waals surface area contributed by atoms with Gasteiger partial charge in [-0.2, -0.15) is 5.10 Å². The predicted molar refractivity (Wildman–Crippen MR) is 111 cm³/mol. The average Bonchev–Trinajstić information content (AvgIpc) is 3.25. The van der Waals surface area contributed by atoms with E-state index in [2.05, 4.69) is 26.0 Å². The third-order valence-electron chi connectivity index (χ3n) is 4.08. The molecule has 1 aromatic heterocycles. The molecule has 0 spiro atoms. The summed E-state index contributed by atoms with van der Waals surface area (Å²) in [6, 6.07) is 2.31. The molecule has 1 heterocycles. The normalized spacial score (nSPS) is 14.8. The van der Waals surface area contributed by atoms with E-state index in [1.807, 2.05) is 23.9 Å². The minimum Gasteiger partial charge on any atom is -0.357 e. The van der Waals surface area contributed by atoms with Crippen LogP contribution in [0.15, 0.2) is 23.5 Å². The lowest BCUT2D eigenvalue weighted by atomic mass is 10.2. The number of amides is 1. The van der Waals surface area contributed by atoms with E-state index in [4.69, 9.17) is 0 Å². The van der Waals surface area contributed by atoms with Gasteiger partial charge < -0.3 is 16.0 Å². The highest BCUT2D eigenvalue weighted by Crippen LogP contribution is 2.17. The van der Waals surface area contributed by atoms with Crippen LogP contribution in [0.25, 0.3) is 0 Å². The van der Waals surface area contributed by atoms with Crippen LogP contribution >= 0.6 is 24.0 Å². The van der Waals surface area contributed by atoms with Crippen molar-refractivity contribution in [3.05, 3.63) is 18.5 Å². The van der Waals surface area contributed by atoms with E-state index in [-0.39, 0.29) is 29.9 Å². The molecular weight excluding hydrogens is 431 g/mol. The zero-order valence-electron chi connectivity index (χ0n) is 15.0. The van der Waals surface area contributed by atoms with Crippen LogP contribution in [0.5, 0.6) is 0 Å². The number of guanidine groups is 1. The standard InChI is InChI=1S/C17H30N6O.HI/c1-2-18-17(19-10-5-13-23-14-6-11-21-23)20-12-9-16(24)22-15-7-3-4-8-15;/h6,11,14-15H,2-5,7-10,12-13H2,1H3,(H,22,24)(H2,18,19,20);1H. The summed E-state index contributed by atoms with van der Waals surface area (Å²) in [5.74, 6) is 0.899. The number of hydrogen-bond donors (Lipinski definition) is 3. The number of aryl methyl sites for hydroxylation is 1. The molecule has 1 aliphatic rings. The lowest BCUT2D eigenvalue weighted by Crippen LogP contribution is -2.40. The molecular formula is C17H31IN6O. The van der Waals surface area contributed by atoms with Crippen molar-refractivity contribution in [1.82, 2.24) is 25.7 Å². The minimum atomic E-state index is 0. The van der Waals surface area contributed by atoms with Gasteiger partial charge in [-0.25, -0.2) is 0 Å².